The van der Waals surface area contributed by atoms with Crippen LogP contribution in [0, 0.1) is 0 Å². The van der Waals surface area contributed by atoms with Crippen LogP contribution in [0.1, 0.15) is 29.8 Å². The number of hydrogen-bond donors (Lipinski definition) is 1. The first-order valence-corrected chi connectivity index (χ1v) is 7.55. The molecule has 0 heterocycles. The molecule has 4 nitrogen and oxygen atoms in total. The van der Waals surface area contributed by atoms with Gasteiger partial charge in [0.15, 0.2) is 5.78 Å². The smallest absolute Gasteiger partial charge is 0.189 e. The largest absolute Gasteiger partial charge is 0.508 e. The highest BCUT2D eigenvalue weighted by Crippen LogP contribution is 2.25. The Kier molecular flexibility index (Phi) is 5.80. The average molecular weight is 312 g/mol. The molecule has 0 amide bonds. The Hall–Kier alpha value is -2.75. The van der Waals surface area contributed by atoms with E-state index in [0.29, 0.717) is 30.3 Å². The lowest BCUT2D eigenvalue weighted by atomic mass is 10.1. The molecule has 2 aromatic rings. The van der Waals surface area contributed by atoms with Crippen LogP contribution in [0.15, 0.2) is 48.5 Å². The van der Waals surface area contributed by atoms with Crippen LogP contribution in [0.25, 0.3) is 6.08 Å². The first kappa shape index (κ1) is 16.6. The minimum Gasteiger partial charge on any atom is -0.508 e. The van der Waals surface area contributed by atoms with Gasteiger partial charge in [-0.15, -0.1) is 0 Å². The van der Waals surface area contributed by atoms with E-state index in [1.807, 2.05) is 19.9 Å². The molecule has 0 atom stereocenters. The summed E-state index contributed by atoms with van der Waals surface area (Å²) in [5.41, 5.74) is 1.20. The number of aromatic hydroxyl groups is 1. The molecule has 2 aromatic carbocycles. The zero-order valence-corrected chi connectivity index (χ0v) is 13.3. The van der Waals surface area contributed by atoms with Gasteiger partial charge < -0.3 is 14.6 Å². The predicted molar refractivity (Wildman–Crippen MR) is 90.3 cm³/mol. The van der Waals surface area contributed by atoms with E-state index in [-0.39, 0.29) is 11.5 Å². The maximum atomic E-state index is 12.5. The first-order chi connectivity index (χ1) is 11.1. The third-order valence-electron chi connectivity index (χ3n) is 3.12. The topological polar surface area (TPSA) is 55.8 Å². The highest BCUT2D eigenvalue weighted by molar-refractivity contribution is 6.08. The van der Waals surface area contributed by atoms with Crippen molar-refractivity contribution < 1.29 is 19.4 Å². The Bertz CT molecular complexity index is 704. The Morgan fingerprint density at radius 1 is 1.09 bits per heavy atom. The second kappa shape index (κ2) is 8.03. The maximum Gasteiger partial charge on any atom is 0.189 e. The Balaban J connectivity index is 2.27. The van der Waals surface area contributed by atoms with Gasteiger partial charge in [0, 0.05) is 0 Å². The molecule has 0 aliphatic rings. The molecule has 0 radical (unpaired) electrons. The molecule has 0 saturated carbocycles. The monoisotopic (exact) mass is 312 g/mol. The van der Waals surface area contributed by atoms with Crippen molar-refractivity contribution in [1.29, 1.82) is 0 Å². The molecule has 0 spiro atoms. The Morgan fingerprint density at radius 2 is 1.87 bits per heavy atom. The van der Waals surface area contributed by atoms with Gasteiger partial charge in [0.25, 0.3) is 0 Å². The number of phenolic OH excluding ortho intramolecular Hbond substituents is 1. The second-order valence-electron chi connectivity index (χ2n) is 4.82. The summed E-state index contributed by atoms with van der Waals surface area (Å²) in [4.78, 5) is 12.5. The van der Waals surface area contributed by atoms with Crippen molar-refractivity contribution in [2.75, 3.05) is 13.2 Å². The van der Waals surface area contributed by atoms with E-state index in [9.17, 15) is 9.90 Å². The molecule has 0 unspecified atom stereocenters. The van der Waals surface area contributed by atoms with Crippen LogP contribution in [0.3, 0.4) is 0 Å². The number of allylic oxidation sites excluding steroid dienone is 1. The Morgan fingerprint density at radius 3 is 2.57 bits per heavy atom. The number of ether oxygens (including phenoxy) is 2. The van der Waals surface area contributed by atoms with Crippen molar-refractivity contribution in [3.05, 3.63) is 59.7 Å². The van der Waals surface area contributed by atoms with Crippen molar-refractivity contribution in [2.24, 2.45) is 0 Å². The Labute approximate surface area is 136 Å². The number of carbonyl (C=O) groups is 1. The van der Waals surface area contributed by atoms with E-state index in [2.05, 4.69) is 0 Å². The fourth-order valence-corrected chi connectivity index (χ4v) is 2.13. The van der Waals surface area contributed by atoms with E-state index in [1.165, 1.54) is 6.08 Å². The van der Waals surface area contributed by atoms with Crippen LogP contribution >= 0.6 is 0 Å². The van der Waals surface area contributed by atoms with Gasteiger partial charge in [-0.05, 0) is 55.8 Å². The molecular weight excluding hydrogens is 292 g/mol. The summed E-state index contributed by atoms with van der Waals surface area (Å²) in [6.45, 7) is 4.76. The fraction of sp³-hybridized carbons (Fsp3) is 0.211. The average Bonchev–Trinajstić information content (AvgIpc) is 2.54. The molecule has 0 aromatic heterocycles. The van der Waals surface area contributed by atoms with Crippen molar-refractivity contribution in [1.82, 2.24) is 0 Å². The summed E-state index contributed by atoms with van der Waals surface area (Å²) < 4.78 is 11.0. The van der Waals surface area contributed by atoms with Gasteiger partial charge in [-0.3, -0.25) is 4.79 Å². The number of rotatable bonds is 7. The van der Waals surface area contributed by atoms with Crippen molar-refractivity contribution in [2.45, 2.75) is 13.8 Å². The molecule has 1 N–H and O–H groups in total. The molecule has 0 aliphatic carbocycles. The normalized spacial score (nSPS) is 10.7. The molecule has 0 bridgehead atoms. The maximum absolute atomic E-state index is 12.5. The van der Waals surface area contributed by atoms with Gasteiger partial charge in [0.05, 0.1) is 18.8 Å². The van der Waals surface area contributed by atoms with Crippen molar-refractivity contribution in [3.8, 4) is 17.2 Å². The standard InChI is InChI=1S/C19H20O4/c1-3-22-16-9-11-19(23-4-2)17(13-16)18(21)10-8-14-6-5-7-15(20)12-14/h5-13,20H,3-4H2,1-2H3. The number of ketones is 1. The number of phenols is 1. The first-order valence-electron chi connectivity index (χ1n) is 7.55. The molecule has 23 heavy (non-hydrogen) atoms. The van der Waals surface area contributed by atoms with Crippen molar-refractivity contribution in [3.63, 3.8) is 0 Å². The molecule has 120 valence electrons. The second-order valence-corrected chi connectivity index (χ2v) is 4.82. The van der Waals surface area contributed by atoms with Crippen LogP contribution in [0.4, 0.5) is 0 Å². The van der Waals surface area contributed by atoms with E-state index in [1.54, 1.807) is 42.5 Å². The number of carbonyl (C=O) groups excluding carboxylic acids is 1. The summed E-state index contributed by atoms with van der Waals surface area (Å²) in [5.74, 6) is 1.14. The fourth-order valence-electron chi connectivity index (χ4n) is 2.13. The zero-order valence-electron chi connectivity index (χ0n) is 13.3. The van der Waals surface area contributed by atoms with Crippen LogP contribution < -0.4 is 9.47 Å². The molecular formula is C19H20O4. The zero-order chi connectivity index (χ0) is 16.7. The third kappa shape index (κ3) is 4.61. The number of benzene rings is 2. The number of hydrogen-bond acceptors (Lipinski definition) is 4. The van der Waals surface area contributed by atoms with Crippen LogP contribution in [-0.2, 0) is 0 Å². The summed E-state index contributed by atoms with van der Waals surface area (Å²) in [7, 11) is 0. The molecule has 0 saturated heterocycles. The lowest BCUT2D eigenvalue weighted by Gasteiger charge is -2.10. The molecule has 0 aliphatic heterocycles. The van der Waals surface area contributed by atoms with E-state index < -0.39 is 0 Å². The highest BCUT2D eigenvalue weighted by atomic mass is 16.5. The summed E-state index contributed by atoms with van der Waals surface area (Å²) in [5, 5.41) is 9.45. The quantitative estimate of drug-likeness (QED) is 0.618. The summed E-state index contributed by atoms with van der Waals surface area (Å²) in [6, 6.07) is 11.9. The SMILES string of the molecule is CCOc1ccc(OCC)c(C(=O)C=Cc2cccc(O)c2)c1. The van der Waals surface area contributed by atoms with Gasteiger partial charge in [-0.25, -0.2) is 0 Å². The molecule has 4 heteroatoms. The van der Waals surface area contributed by atoms with Crippen LogP contribution in [-0.4, -0.2) is 24.1 Å². The van der Waals surface area contributed by atoms with Crippen LogP contribution in [0.2, 0.25) is 0 Å². The van der Waals surface area contributed by atoms with Crippen molar-refractivity contribution >= 4 is 11.9 Å². The molecule has 0 fully saturated rings. The minimum atomic E-state index is -0.182. The lowest BCUT2D eigenvalue weighted by molar-refractivity contribution is 0.104. The van der Waals surface area contributed by atoms with Gasteiger partial charge in [0.1, 0.15) is 17.2 Å². The highest BCUT2D eigenvalue weighted by Gasteiger charge is 2.12. The molecule has 2 rings (SSSR count). The van der Waals surface area contributed by atoms with E-state index in [4.69, 9.17) is 9.47 Å². The van der Waals surface area contributed by atoms with Gasteiger partial charge >= 0.3 is 0 Å². The third-order valence-corrected chi connectivity index (χ3v) is 3.12. The lowest BCUT2D eigenvalue weighted by Crippen LogP contribution is -2.03. The summed E-state index contributed by atoms with van der Waals surface area (Å²) in [6.07, 6.45) is 3.12. The predicted octanol–water partition coefficient (Wildman–Crippen LogP) is 4.09. The van der Waals surface area contributed by atoms with E-state index >= 15 is 0 Å². The van der Waals surface area contributed by atoms with Gasteiger partial charge in [0.2, 0.25) is 0 Å². The minimum absolute atomic E-state index is 0.160. The van der Waals surface area contributed by atoms with Gasteiger partial charge in [-0.2, -0.15) is 0 Å². The van der Waals surface area contributed by atoms with Crippen LogP contribution in [0.5, 0.6) is 17.2 Å². The van der Waals surface area contributed by atoms with Gasteiger partial charge in [-0.1, -0.05) is 18.2 Å². The van der Waals surface area contributed by atoms with E-state index in [0.717, 1.165) is 5.56 Å². The summed E-state index contributed by atoms with van der Waals surface area (Å²) >= 11 is 0.